The van der Waals surface area contributed by atoms with Crippen molar-refractivity contribution in [3.8, 4) is 0 Å². The predicted octanol–water partition coefficient (Wildman–Crippen LogP) is -0.275. The van der Waals surface area contributed by atoms with E-state index < -0.39 is 5.97 Å². The maximum atomic E-state index is 10.6. The van der Waals surface area contributed by atoms with Gasteiger partial charge in [0.15, 0.2) is 5.12 Å². The van der Waals surface area contributed by atoms with Crippen molar-refractivity contribution in [3.05, 3.63) is 0 Å². The summed E-state index contributed by atoms with van der Waals surface area (Å²) in [6.07, 6.45) is 0.203. The standard InChI is InChI=1S/C6H11NO3S/c7-3-4-10-5(8)1-2-6(9)11/h1-4,7H2,(H,9,11). The Morgan fingerprint density at radius 1 is 1.36 bits per heavy atom. The average molecular weight is 177 g/mol. The van der Waals surface area contributed by atoms with Crippen LogP contribution in [0, 0.1) is 0 Å². The van der Waals surface area contributed by atoms with E-state index in [1.807, 2.05) is 0 Å². The van der Waals surface area contributed by atoms with Gasteiger partial charge in [0.1, 0.15) is 6.61 Å². The molecule has 0 saturated heterocycles. The largest absolute Gasteiger partial charge is 0.464 e. The molecule has 0 radical (unpaired) electrons. The molecule has 0 fully saturated rings. The van der Waals surface area contributed by atoms with Gasteiger partial charge in [-0.25, -0.2) is 0 Å². The van der Waals surface area contributed by atoms with Crippen LogP contribution in [0.5, 0.6) is 0 Å². The summed E-state index contributed by atoms with van der Waals surface area (Å²) >= 11 is 3.49. The van der Waals surface area contributed by atoms with Gasteiger partial charge in [-0.3, -0.25) is 9.59 Å². The second-order valence-corrected chi connectivity index (χ2v) is 2.40. The third kappa shape index (κ3) is 7.35. The zero-order valence-corrected chi connectivity index (χ0v) is 6.97. The SMILES string of the molecule is NCCOC(=O)CCC(=O)S. The monoisotopic (exact) mass is 177 g/mol. The van der Waals surface area contributed by atoms with E-state index in [-0.39, 0.29) is 24.6 Å². The molecule has 0 bridgehead atoms. The van der Waals surface area contributed by atoms with Crippen LogP contribution in [0.4, 0.5) is 0 Å². The van der Waals surface area contributed by atoms with Crippen molar-refractivity contribution in [2.24, 2.45) is 5.73 Å². The highest BCUT2D eigenvalue weighted by molar-refractivity contribution is 7.96. The summed E-state index contributed by atoms with van der Waals surface area (Å²) in [4.78, 5) is 20.9. The van der Waals surface area contributed by atoms with Crippen molar-refractivity contribution < 1.29 is 14.3 Å². The van der Waals surface area contributed by atoms with Gasteiger partial charge in [-0.1, -0.05) is 0 Å². The predicted molar refractivity (Wildman–Crippen MR) is 43.2 cm³/mol. The lowest BCUT2D eigenvalue weighted by Crippen LogP contribution is -2.13. The lowest BCUT2D eigenvalue weighted by atomic mass is 10.3. The molecular weight excluding hydrogens is 166 g/mol. The number of carbonyl (C=O) groups excluding carboxylic acids is 2. The highest BCUT2D eigenvalue weighted by Gasteiger charge is 2.03. The minimum Gasteiger partial charge on any atom is -0.464 e. The molecule has 11 heavy (non-hydrogen) atoms. The molecule has 0 atom stereocenters. The number of hydrogen-bond acceptors (Lipinski definition) is 4. The third-order valence-corrected chi connectivity index (χ3v) is 1.15. The lowest BCUT2D eigenvalue weighted by Gasteiger charge is -1.99. The first-order valence-corrected chi connectivity index (χ1v) is 3.69. The topological polar surface area (TPSA) is 69.4 Å². The van der Waals surface area contributed by atoms with Crippen LogP contribution < -0.4 is 5.73 Å². The molecule has 0 aromatic carbocycles. The van der Waals surface area contributed by atoms with Crippen LogP contribution >= 0.6 is 12.6 Å². The van der Waals surface area contributed by atoms with Gasteiger partial charge in [0.2, 0.25) is 0 Å². The molecule has 0 aromatic heterocycles. The number of esters is 1. The van der Waals surface area contributed by atoms with Gasteiger partial charge in [0, 0.05) is 13.0 Å². The maximum Gasteiger partial charge on any atom is 0.306 e. The summed E-state index contributed by atoms with van der Waals surface area (Å²) in [6, 6.07) is 0. The normalized spacial score (nSPS) is 9.27. The van der Waals surface area contributed by atoms with Crippen LogP contribution in [0.1, 0.15) is 12.8 Å². The van der Waals surface area contributed by atoms with Crippen LogP contribution in [0.25, 0.3) is 0 Å². The fourth-order valence-electron chi connectivity index (χ4n) is 0.454. The minimum atomic E-state index is -0.405. The van der Waals surface area contributed by atoms with E-state index in [1.165, 1.54) is 0 Å². The Kier molecular flexibility index (Phi) is 5.87. The van der Waals surface area contributed by atoms with Gasteiger partial charge in [-0.15, -0.1) is 12.6 Å². The second kappa shape index (κ2) is 6.18. The number of rotatable bonds is 5. The molecule has 0 aliphatic rings. The molecule has 0 aliphatic heterocycles. The molecule has 0 rings (SSSR count). The van der Waals surface area contributed by atoms with E-state index >= 15 is 0 Å². The van der Waals surface area contributed by atoms with E-state index in [0.717, 1.165) is 0 Å². The summed E-state index contributed by atoms with van der Waals surface area (Å²) in [5.74, 6) is -0.405. The zero-order chi connectivity index (χ0) is 8.69. The molecule has 0 heterocycles. The van der Waals surface area contributed by atoms with Gasteiger partial charge in [-0.05, 0) is 0 Å². The van der Waals surface area contributed by atoms with Crippen molar-refractivity contribution in [2.75, 3.05) is 13.2 Å². The van der Waals surface area contributed by atoms with Crippen molar-refractivity contribution in [1.82, 2.24) is 0 Å². The first kappa shape index (κ1) is 10.4. The summed E-state index contributed by atoms with van der Waals surface area (Å²) in [7, 11) is 0. The Hall–Kier alpha value is -0.550. The molecule has 4 nitrogen and oxygen atoms in total. The molecule has 0 aliphatic carbocycles. The Balaban J connectivity index is 3.30. The molecule has 0 saturated carbocycles. The van der Waals surface area contributed by atoms with Crippen molar-refractivity contribution in [2.45, 2.75) is 12.8 Å². The number of nitrogens with two attached hydrogens (primary N) is 1. The van der Waals surface area contributed by atoms with Crippen molar-refractivity contribution >= 4 is 23.7 Å². The van der Waals surface area contributed by atoms with Gasteiger partial charge in [0.25, 0.3) is 0 Å². The first-order chi connectivity index (χ1) is 5.16. The van der Waals surface area contributed by atoms with Crippen LogP contribution in [-0.2, 0) is 14.3 Å². The highest BCUT2D eigenvalue weighted by Crippen LogP contribution is 1.95. The van der Waals surface area contributed by atoms with E-state index in [9.17, 15) is 9.59 Å². The smallest absolute Gasteiger partial charge is 0.306 e. The van der Waals surface area contributed by atoms with E-state index in [0.29, 0.717) is 6.54 Å². The number of thiol groups is 1. The Morgan fingerprint density at radius 2 is 2.00 bits per heavy atom. The van der Waals surface area contributed by atoms with Crippen molar-refractivity contribution in [3.63, 3.8) is 0 Å². The highest BCUT2D eigenvalue weighted by atomic mass is 32.1. The maximum absolute atomic E-state index is 10.6. The minimum absolute atomic E-state index is 0.0856. The fourth-order valence-corrected chi connectivity index (χ4v) is 0.566. The number of hydrogen-bond donors (Lipinski definition) is 2. The Morgan fingerprint density at radius 3 is 2.45 bits per heavy atom. The summed E-state index contributed by atoms with van der Waals surface area (Å²) in [6.45, 7) is 0.514. The van der Waals surface area contributed by atoms with Gasteiger partial charge in [0.05, 0.1) is 6.42 Å². The summed E-state index contributed by atoms with van der Waals surface area (Å²) in [5, 5.41) is -0.310. The molecule has 0 aromatic rings. The van der Waals surface area contributed by atoms with Crippen LogP contribution in [-0.4, -0.2) is 24.2 Å². The first-order valence-electron chi connectivity index (χ1n) is 3.24. The van der Waals surface area contributed by atoms with Crippen molar-refractivity contribution in [1.29, 1.82) is 0 Å². The fraction of sp³-hybridized carbons (Fsp3) is 0.667. The van der Waals surface area contributed by atoms with Crippen LogP contribution in [0.15, 0.2) is 0 Å². The van der Waals surface area contributed by atoms with Crippen LogP contribution in [0.3, 0.4) is 0 Å². The zero-order valence-electron chi connectivity index (χ0n) is 6.08. The van der Waals surface area contributed by atoms with Gasteiger partial charge in [-0.2, -0.15) is 0 Å². The molecular formula is C6H11NO3S. The third-order valence-electron chi connectivity index (χ3n) is 0.924. The van der Waals surface area contributed by atoms with E-state index in [2.05, 4.69) is 17.4 Å². The van der Waals surface area contributed by atoms with Crippen LogP contribution in [0.2, 0.25) is 0 Å². The average Bonchev–Trinajstić information content (AvgIpc) is 1.97. The van der Waals surface area contributed by atoms with E-state index in [4.69, 9.17) is 5.73 Å². The van der Waals surface area contributed by atoms with Gasteiger partial charge < -0.3 is 10.5 Å². The second-order valence-electron chi connectivity index (χ2n) is 1.90. The molecule has 0 unspecified atom stereocenters. The Labute approximate surface area is 70.5 Å². The summed E-state index contributed by atoms with van der Waals surface area (Å²) < 4.78 is 4.59. The number of carbonyl (C=O) groups is 2. The van der Waals surface area contributed by atoms with Gasteiger partial charge >= 0.3 is 5.97 Å². The molecule has 0 amide bonds. The molecule has 5 heteroatoms. The molecule has 2 N–H and O–H groups in total. The Bertz CT molecular complexity index is 149. The molecule has 0 spiro atoms. The summed E-state index contributed by atoms with van der Waals surface area (Å²) in [5.41, 5.74) is 5.07. The quantitative estimate of drug-likeness (QED) is 0.448. The lowest BCUT2D eigenvalue weighted by molar-refractivity contribution is -0.144. The van der Waals surface area contributed by atoms with E-state index in [1.54, 1.807) is 0 Å². The molecule has 64 valence electrons. The number of ether oxygens (including phenoxy) is 1.